The maximum Gasteiger partial charge on any atom is 0.321 e. The summed E-state index contributed by atoms with van der Waals surface area (Å²) in [4.78, 5) is 11.0. The Bertz CT molecular complexity index is 1260. The molecule has 1 aliphatic heterocycles. The van der Waals surface area contributed by atoms with Gasteiger partial charge in [-0.25, -0.2) is 0 Å². The monoisotopic (exact) mass is 464 g/mol. The van der Waals surface area contributed by atoms with E-state index in [-0.39, 0.29) is 5.92 Å². The number of fused-ring (bicyclic) bond motifs is 1. The third-order valence-corrected chi connectivity index (χ3v) is 7.84. The number of carboxylic acid groups (broad SMARTS) is 1. The molecule has 3 aromatic carbocycles. The lowest BCUT2D eigenvalue weighted by molar-refractivity contribution is -0.138. The van der Waals surface area contributed by atoms with E-state index in [1.165, 1.54) is 27.6 Å². The number of nitrogens with zero attached hydrogens (tertiary/aromatic N) is 1. The molecule has 0 unspecified atom stereocenters. The molecule has 4 rings (SSSR count). The van der Waals surface area contributed by atoms with Gasteiger partial charge < -0.3 is 5.11 Å². The molecule has 0 saturated carbocycles. The van der Waals surface area contributed by atoms with Crippen LogP contribution in [-0.2, 0) is 15.0 Å². The highest BCUT2D eigenvalue weighted by atomic mass is 32.2. The third-order valence-electron chi connectivity index (χ3n) is 6.14. The molecule has 0 bridgehead atoms. The summed E-state index contributed by atoms with van der Waals surface area (Å²) in [6.07, 6.45) is 5.61. The average molecular weight is 465 g/mol. The highest BCUT2D eigenvalue weighted by Gasteiger charge is 2.30. The van der Waals surface area contributed by atoms with Crippen LogP contribution in [0.5, 0.6) is 0 Å². The van der Waals surface area contributed by atoms with Crippen molar-refractivity contribution in [3.8, 4) is 0 Å². The Hall–Kier alpha value is -3.00. The van der Waals surface area contributed by atoms with Crippen LogP contribution in [0.25, 0.3) is 22.9 Å². The van der Waals surface area contributed by atoms with Crippen LogP contribution in [0, 0.1) is 0 Å². The first-order valence-corrected chi connectivity index (χ1v) is 12.5. The van der Waals surface area contributed by atoms with Crippen LogP contribution in [0.2, 0.25) is 0 Å². The number of nitrogens with one attached hydrogen (secondary N) is 1. The van der Waals surface area contributed by atoms with Gasteiger partial charge in [-0.3, -0.25) is 4.79 Å². The van der Waals surface area contributed by atoms with Gasteiger partial charge in [0.15, 0.2) is 0 Å². The second-order valence-electron chi connectivity index (χ2n) is 8.46. The summed E-state index contributed by atoms with van der Waals surface area (Å²) in [5.41, 5.74) is 3.46. The maximum absolute atomic E-state index is 12.4. The van der Waals surface area contributed by atoms with Crippen molar-refractivity contribution in [2.75, 3.05) is 13.1 Å². The van der Waals surface area contributed by atoms with Gasteiger partial charge >= 0.3 is 5.97 Å². The molecule has 7 heteroatoms. The molecular formula is C26H28N2O4S. The van der Waals surface area contributed by atoms with Crippen LogP contribution in [0.4, 0.5) is 0 Å². The zero-order chi connectivity index (χ0) is 23.4. The Labute approximate surface area is 194 Å². The van der Waals surface area contributed by atoms with E-state index in [2.05, 4.69) is 71.5 Å². The molecule has 0 spiro atoms. The molecule has 1 aliphatic rings. The van der Waals surface area contributed by atoms with E-state index in [9.17, 15) is 13.2 Å². The minimum atomic E-state index is -3.79. The van der Waals surface area contributed by atoms with E-state index in [1.54, 1.807) is 0 Å². The van der Waals surface area contributed by atoms with Crippen molar-refractivity contribution >= 4 is 39.1 Å². The number of hydrogen-bond donors (Lipinski definition) is 2. The summed E-state index contributed by atoms with van der Waals surface area (Å²) in [7, 11) is -3.79. The minimum absolute atomic E-state index is 0.284. The molecule has 2 N–H and O–H groups in total. The summed E-state index contributed by atoms with van der Waals surface area (Å²) in [5.74, 6) is -0.907. The van der Waals surface area contributed by atoms with E-state index < -0.39 is 22.2 Å². The molecule has 172 valence electrons. The molecule has 0 aromatic heterocycles. The van der Waals surface area contributed by atoms with Gasteiger partial charge in [-0.2, -0.15) is 17.4 Å². The Morgan fingerprint density at radius 1 is 0.970 bits per heavy atom. The van der Waals surface area contributed by atoms with Gasteiger partial charge in [-0.1, -0.05) is 72.8 Å². The topological polar surface area (TPSA) is 86.7 Å². The summed E-state index contributed by atoms with van der Waals surface area (Å²) in [6, 6.07) is 22.0. The van der Waals surface area contributed by atoms with Gasteiger partial charge in [0.05, 0.1) is 0 Å². The van der Waals surface area contributed by atoms with Gasteiger partial charge in [0.1, 0.15) is 6.04 Å². The molecule has 0 aliphatic carbocycles. The number of piperidine rings is 1. The van der Waals surface area contributed by atoms with Gasteiger partial charge in [0, 0.05) is 13.1 Å². The molecule has 33 heavy (non-hydrogen) atoms. The zero-order valence-corrected chi connectivity index (χ0v) is 19.3. The first-order chi connectivity index (χ1) is 15.8. The second kappa shape index (κ2) is 9.87. The fourth-order valence-electron chi connectivity index (χ4n) is 4.16. The average Bonchev–Trinajstić information content (AvgIpc) is 2.82. The zero-order valence-electron chi connectivity index (χ0n) is 18.5. The number of rotatable bonds is 7. The van der Waals surface area contributed by atoms with Crippen molar-refractivity contribution in [2.24, 2.45) is 0 Å². The van der Waals surface area contributed by atoms with Crippen molar-refractivity contribution in [3.05, 3.63) is 83.4 Å². The molecule has 0 radical (unpaired) electrons. The molecule has 1 heterocycles. The van der Waals surface area contributed by atoms with E-state index in [1.807, 2.05) is 12.1 Å². The van der Waals surface area contributed by atoms with Crippen LogP contribution in [-0.4, -0.2) is 42.9 Å². The van der Waals surface area contributed by atoms with Gasteiger partial charge in [0.25, 0.3) is 10.2 Å². The van der Waals surface area contributed by atoms with Crippen LogP contribution in [0.1, 0.15) is 42.4 Å². The molecular weight excluding hydrogens is 436 g/mol. The van der Waals surface area contributed by atoms with Gasteiger partial charge in [-0.05, 0) is 59.2 Å². The molecule has 3 aromatic rings. The van der Waals surface area contributed by atoms with Crippen LogP contribution in [0.3, 0.4) is 0 Å². The largest absolute Gasteiger partial charge is 0.480 e. The highest BCUT2D eigenvalue weighted by Crippen LogP contribution is 2.29. The smallest absolute Gasteiger partial charge is 0.321 e. The maximum atomic E-state index is 12.4. The van der Waals surface area contributed by atoms with E-state index in [0.717, 1.165) is 11.1 Å². The molecule has 1 atom stereocenters. The Morgan fingerprint density at radius 3 is 2.24 bits per heavy atom. The van der Waals surface area contributed by atoms with Crippen LogP contribution >= 0.6 is 0 Å². The first-order valence-electron chi connectivity index (χ1n) is 11.1. The standard InChI is InChI=1S/C26H28N2O4S/c1-19(26(29)30)27-33(31,32)28-16-14-24(15-17-28)23-11-8-20(9-12-23)6-7-21-10-13-22-4-2-3-5-25(22)18-21/h2-13,18-19,24,27H,14-17H2,1H3,(H,29,30)/t19-/m1/s1. The lowest BCUT2D eigenvalue weighted by atomic mass is 9.90. The van der Waals surface area contributed by atoms with Crippen LogP contribution < -0.4 is 4.72 Å². The third kappa shape index (κ3) is 5.68. The quantitative estimate of drug-likeness (QED) is 0.504. The molecule has 6 nitrogen and oxygen atoms in total. The first kappa shape index (κ1) is 23.2. The van der Waals surface area contributed by atoms with Crippen molar-refractivity contribution < 1.29 is 18.3 Å². The Balaban J connectivity index is 1.36. The lowest BCUT2D eigenvalue weighted by Crippen LogP contribution is -2.49. The van der Waals surface area contributed by atoms with Gasteiger partial charge in [0.2, 0.25) is 0 Å². The van der Waals surface area contributed by atoms with Crippen molar-refractivity contribution in [3.63, 3.8) is 0 Å². The SMILES string of the molecule is C[C@@H](NS(=O)(=O)N1CCC(c2ccc(C=Cc3ccc4ccccc4c3)cc2)CC1)C(=O)O. The van der Waals surface area contributed by atoms with E-state index in [4.69, 9.17) is 5.11 Å². The second-order valence-corrected chi connectivity index (χ2v) is 10.2. The molecule has 1 fully saturated rings. The van der Waals surface area contributed by atoms with Crippen molar-refractivity contribution in [1.82, 2.24) is 9.03 Å². The predicted octanol–water partition coefficient (Wildman–Crippen LogP) is 4.50. The minimum Gasteiger partial charge on any atom is -0.480 e. The normalized spacial score (nSPS) is 16.9. The summed E-state index contributed by atoms with van der Waals surface area (Å²) < 4.78 is 28.3. The predicted molar refractivity (Wildman–Crippen MR) is 132 cm³/mol. The van der Waals surface area contributed by atoms with Gasteiger partial charge in [-0.15, -0.1) is 0 Å². The molecule has 0 amide bonds. The summed E-state index contributed by atoms with van der Waals surface area (Å²) in [5, 5.41) is 11.4. The Morgan fingerprint density at radius 2 is 1.58 bits per heavy atom. The van der Waals surface area contributed by atoms with Crippen molar-refractivity contribution in [2.45, 2.75) is 31.7 Å². The fraction of sp³-hybridized carbons (Fsp3) is 0.269. The number of hydrogen-bond acceptors (Lipinski definition) is 3. The molecule has 1 saturated heterocycles. The van der Waals surface area contributed by atoms with E-state index in [0.29, 0.717) is 25.9 Å². The number of carboxylic acids is 1. The van der Waals surface area contributed by atoms with Crippen molar-refractivity contribution in [1.29, 1.82) is 0 Å². The summed E-state index contributed by atoms with van der Waals surface area (Å²) in [6.45, 7) is 2.06. The Kier molecular flexibility index (Phi) is 6.93. The number of benzene rings is 3. The fourth-order valence-corrected chi connectivity index (χ4v) is 5.55. The number of carbonyl (C=O) groups is 1. The highest BCUT2D eigenvalue weighted by molar-refractivity contribution is 7.87. The summed E-state index contributed by atoms with van der Waals surface area (Å²) >= 11 is 0. The number of aliphatic carboxylic acids is 1. The lowest BCUT2D eigenvalue weighted by Gasteiger charge is -2.31. The van der Waals surface area contributed by atoms with E-state index >= 15 is 0 Å². The van der Waals surface area contributed by atoms with Crippen LogP contribution in [0.15, 0.2) is 66.7 Å².